The number of hydrogen-bond acceptors (Lipinski definition) is 2. The average molecular weight is 232 g/mol. The van der Waals surface area contributed by atoms with Crippen molar-refractivity contribution >= 4 is 11.6 Å². The van der Waals surface area contributed by atoms with Gasteiger partial charge in [-0.3, -0.25) is 9.59 Å². The van der Waals surface area contributed by atoms with E-state index in [9.17, 15) is 9.59 Å². The summed E-state index contributed by atoms with van der Waals surface area (Å²) in [4.78, 5) is 23.4. The Morgan fingerprint density at radius 1 is 1.12 bits per heavy atom. The molecule has 0 N–H and O–H groups in total. The zero-order valence-electron chi connectivity index (χ0n) is 11.0. The Morgan fingerprint density at radius 3 is 2.29 bits per heavy atom. The van der Waals surface area contributed by atoms with Crippen LogP contribution in [-0.2, 0) is 4.79 Å². The van der Waals surface area contributed by atoms with Crippen molar-refractivity contribution in [3.63, 3.8) is 0 Å². The summed E-state index contributed by atoms with van der Waals surface area (Å²) in [5, 5.41) is 0. The fourth-order valence-electron chi connectivity index (χ4n) is 1.72. The first kappa shape index (κ1) is 13.6. The fourth-order valence-corrected chi connectivity index (χ4v) is 1.72. The normalized spacial score (nSPS) is 10.6. The molecule has 92 valence electrons. The summed E-state index contributed by atoms with van der Waals surface area (Å²) in [6.07, 6.45) is 0.511. The molecule has 0 saturated heterocycles. The molecule has 0 unspecified atom stereocenters. The summed E-state index contributed by atoms with van der Waals surface area (Å²) < 4.78 is 0. The summed E-state index contributed by atoms with van der Waals surface area (Å²) in [7, 11) is 0. The Kier molecular flexibility index (Phi) is 4.62. The standard InChI is InChI=1S/C15H20O2/c1-10(2)7-14(16)9-15(17)13-6-5-11(3)12(4)8-13/h5-6,8,10H,7,9H2,1-4H3. The molecule has 0 saturated carbocycles. The van der Waals surface area contributed by atoms with Gasteiger partial charge in [0.15, 0.2) is 5.78 Å². The zero-order valence-corrected chi connectivity index (χ0v) is 11.0. The van der Waals surface area contributed by atoms with Crippen molar-refractivity contribution in [1.82, 2.24) is 0 Å². The van der Waals surface area contributed by atoms with Gasteiger partial charge in [0.2, 0.25) is 0 Å². The molecular weight excluding hydrogens is 212 g/mol. The smallest absolute Gasteiger partial charge is 0.170 e. The van der Waals surface area contributed by atoms with Crippen LogP contribution in [0.1, 0.15) is 48.2 Å². The van der Waals surface area contributed by atoms with Gasteiger partial charge in [-0.25, -0.2) is 0 Å². The first-order valence-corrected chi connectivity index (χ1v) is 6.02. The topological polar surface area (TPSA) is 34.1 Å². The van der Waals surface area contributed by atoms with E-state index in [4.69, 9.17) is 0 Å². The van der Waals surface area contributed by atoms with Gasteiger partial charge in [-0.2, -0.15) is 0 Å². The maximum atomic E-state index is 11.9. The molecule has 0 spiro atoms. The van der Waals surface area contributed by atoms with Crippen LogP contribution in [0.5, 0.6) is 0 Å². The predicted octanol–water partition coefficient (Wildman–Crippen LogP) is 3.49. The Morgan fingerprint density at radius 2 is 1.76 bits per heavy atom. The lowest BCUT2D eigenvalue weighted by Gasteiger charge is -2.05. The van der Waals surface area contributed by atoms with Gasteiger partial charge in [0, 0.05) is 12.0 Å². The summed E-state index contributed by atoms with van der Waals surface area (Å²) in [5.41, 5.74) is 2.90. The Balaban J connectivity index is 2.70. The highest BCUT2D eigenvalue weighted by molar-refractivity contribution is 6.08. The fraction of sp³-hybridized carbons (Fsp3) is 0.467. The third-order valence-corrected chi connectivity index (χ3v) is 2.82. The lowest BCUT2D eigenvalue weighted by Crippen LogP contribution is -2.10. The molecule has 1 rings (SSSR count). The maximum Gasteiger partial charge on any atom is 0.170 e. The largest absolute Gasteiger partial charge is 0.299 e. The van der Waals surface area contributed by atoms with E-state index in [0.717, 1.165) is 11.1 Å². The van der Waals surface area contributed by atoms with Crippen molar-refractivity contribution in [2.24, 2.45) is 5.92 Å². The second-order valence-electron chi connectivity index (χ2n) is 5.04. The van der Waals surface area contributed by atoms with Crippen LogP contribution in [0.2, 0.25) is 0 Å². The monoisotopic (exact) mass is 232 g/mol. The minimum absolute atomic E-state index is 0.0285. The third kappa shape index (κ3) is 4.14. The molecule has 1 aromatic carbocycles. The summed E-state index contributed by atoms with van der Waals surface area (Å²) in [5.74, 6) is 0.275. The van der Waals surface area contributed by atoms with E-state index in [2.05, 4.69) is 0 Å². The number of benzene rings is 1. The quantitative estimate of drug-likeness (QED) is 0.575. The number of ketones is 2. The molecule has 0 atom stereocenters. The molecule has 17 heavy (non-hydrogen) atoms. The molecule has 1 aromatic rings. The average Bonchev–Trinajstić information content (AvgIpc) is 2.20. The first-order valence-electron chi connectivity index (χ1n) is 6.02. The van der Waals surface area contributed by atoms with Gasteiger partial charge >= 0.3 is 0 Å². The van der Waals surface area contributed by atoms with Gasteiger partial charge in [-0.05, 0) is 37.0 Å². The first-order chi connectivity index (χ1) is 7.90. The van der Waals surface area contributed by atoms with Gasteiger partial charge in [0.1, 0.15) is 5.78 Å². The molecule has 0 radical (unpaired) electrons. The lowest BCUT2D eigenvalue weighted by atomic mass is 9.98. The maximum absolute atomic E-state index is 11.9. The number of carbonyl (C=O) groups is 2. The third-order valence-electron chi connectivity index (χ3n) is 2.82. The van der Waals surface area contributed by atoms with Crippen LogP contribution in [-0.4, -0.2) is 11.6 Å². The molecule has 0 aliphatic heterocycles. The molecule has 0 fully saturated rings. The summed E-state index contributed by atoms with van der Waals surface area (Å²) >= 11 is 0. The van der Waals surface area contributed by atoms with E-state index in [1.165, 1.54) is 0 Å². The van der Waals surface area contributed by atoms with Crippen LogP contribution in [0.15, 0.2) is 18.2 Å². The molecule has 0 amide bonds. The Bertz CT molecular complexity index is 431. The number of hydrogen-bond donors (Lipinski definition) is 0. The second-order valence-corrected chi connectivity index (χ2v) is 5.04. The molecule has 0 aliphatic rings. The summed E-state index contributed by atoms with van der Waals surface area (Å²) in [6.45, 7) is 7.95. The van der Waals surface area contributed by atoms with E-state index in [1.807, 2.05) is 39.8 Å². The SMILES string of the molecule is Cc1ccc(C(=O)CC(=O)CC(C)C)cc1C. The van der Waals surface area contributed by atoms with Gasteiger partial charge in [-0.1, -0.05) is 26.0 Å². The van der Waals surface area contributed by atoms with E-state index in [1.54, 1.807) is 6.07 Å². The van der Waals surface area contributed by atoms with E-state index < -0.39 is 0 Å². The van der Waals surface area contributed by atoms with E-state index >= 15 is 0 Å². The van der Waals surface area contributed by atoms with Crippen molar-refractivity contribution in [3.8, 4) is 0 Å². The van der Waals surface area contributed by atoms with Gasteiger partial charge in [0.05, 0.1) is 6.42 Å². The highest BCUT2D eigenvalue weighted by Gasteiger charge is 2.13. The van der Waals surface area contributed by atoms with Crippen molar-refractivity contribution in [1.29, 1.82) is 0 Å². The van der Waals surface area contributed by atoms with Crippen LogP contribution in [0.25, 0.3) is 0 Å². The minimum Gasteiger partial charge on any atom is -0.299 e. The lowest BCUT2D eigenvalue weighted by molar-refractivity contribution is -0.118. The molecule has 0 aliphatic carbocycles. The van der Waals surface area contributed by atoms with Crippen LogP contribution in [0.3, 0.4) is 0 Å². The highest BCUT2D eigenvalue weighted by Crippen LogP contribution is 2.13. The van der Waals surface area contributed by atoms with E-state index in [0.29, 0.717) is 17.9 Å². The summed E-state index contributed by atoms with van der Waals surface area (Å²) in [6, 6.07) is 5.59. The van der Waals surface area contributed by atoms with Crippen LogP contribution in [0, 0.1) is 19.8 Å². The van der Waals surface area contributed by atoms with Crippen LogP contribution in [0.4, 0.5) is 0 Å². The van der Waals surface area contributed by atoms with Crippen LogP contribution >= 0.6 is 0 Å². The molecule has 2 nitrogen and oxygen atoms in total. The second kappa shape index (κ2) is 5.76. The minimum atomic E-state index is -0.0706. The highest BCUT2D eigenvalue weighted by atomic mass is 16.1. The Labute approximate surface area is 103 Å². The predicted molar refractivity (Wildman–Crippen MR) is 69.3 cm³/mol. The van der Waals surface area contributed by atoms with Gasteiger partial charge in [0.25, 0.3) is 0 Å². The molecule has 0 bridgehead atoms. The van der Waals surface area contributed by atoms with Crippen LogP contribution < -0.4 is 0 Å². The van der Waals surface area contributed by atoms with Crippen molar-refractivity contribution < 1.29 is 9.59 Å². The van der Waals surface area contributed by atoms with E-state index in [-0.39, 0.29) is 18.0 Å². The van der Waals surface area contributed by atoms with Crippen molar-refractivity contribution in [2.75, 3.05) is 0 Å². The molecule has 0 heterocycles. The van der Waals surface area contributed by atoms with Gasteiger partial charge in [-0.15, -0.1) is 0 Å². The van der Waals surface area contributed by atoms with Crippen molar-refractivity contribution in [3.05, 3.63) is 34.9 Å². The number of Topliss-reactive ketones (excluding diaryl/α,β-unsaturated/α-hetero) is 2. The van der Waals surface area contributed by atoms with Gasteiger partial charge < -0.3 is 0 Å². The number of carbonyl (C=O) groups excluding carboxylic acids is 2. The number of aryl methyl sites for hydroxylation is 2. The molecule has 0 aromatic heterocycles. The Hall–Kier alpha value is -1.44. The zero-order chi connectivity index (χ0) is 13.0. The number of rotatable bonds is 5. The molecule has 2 heteroatoms. The molecular formula is C15H20O2. The van der Waals surface area contributed by atoms with Crippen molar-refractivity contribution in [2.45, 2.75) is 40.5 Å².